The Morgan fingerprint density at radius 2 is 0.970 bits per heavy atom. The van der Waals surface area contributed by atoms with E-state index >= 15 is 0 Å². The molecule has 0 unspecified atom stereocenters. The van der Waals surface area contributed by atoms with Crippen molar-refractivity contribution in [3.05, 3.63) is 59.7 Å². The average Bonchev–Trinajstić information content (AvgIpc) is 2.86. The molecule has 5 heterocycles. The van der Waals surface area contributed by atoms with Gasteiger partial charge >= 0.3 is 0 Å². The van der Waals surface area contributed by atoms with Gasteiger partial charge in [0.1, 0.15) is 24.7 Å². The topological polar surface area (TPSA) is 73.8 Å². The smallest absolute Gasteiger partial charge is 0.183 e. The Balaban J connectivity index is 1.26. The highest BCUT2D eigenvalue weighted by molar-refractivity contribution is 5.30. The first-order valence-electron chi connectivity index (χ1n) is 11.4. The van der Waals surface area contributed by atoms with Crippen molar-refractivity contribution in [3.8, 4) is 11.5 Å². The number of rotatable bonds is 0. The van der Waals surface area contributed by atoms with Crippen LogP contribution in [0.4, 0.5) is 0 Å². The Morgan fingerprint density at radius 3 is 1.42 bits per heavy atom. The summed E-state index contributed by atoms with van der Waals surface area (Å²) in [7, 11) is 0. The third kappa shape index (κ3) is 5.84. The normalized spacial score (nSPS) is 29.1. The van der Waals surface area contributed by atoms with Gasteiger partial charge in [-0.05, 0) is 24.3 Å². The van der Waals surface area contributed by atoms with Gasteiger partial charge in [0.25, 0.3) is 0 Å². The molecule has 2 saturated heterocycles. The monoisotopic (exact) mass is 458 g/mol. The van der Waals surface area contributed by atoms with Gasteiger partial charge in [-0.2, -0.15) is 0 Å². The van der Waals surface area contributed by atoms with Crippen molar-refractivity contribution in [2.24, 2.45) is 5.41 Å². The molecule has 2 aromatic carbocycles. The van der Waals surface area contributed by atoms with Crippen molar-refractivity contribution in [3.63, 3.8) is 0 Å². The Kier molecular flexibility index (Phi) is 7.40. The van der Waals surface area contributed by atoms with Gasteiger partial charge in [0.2, 0.25) is 0 Å². The zero-order valence-electron chi connectivity index (χ0n) is 18.6. The third-order valence-corrected chi connectivity index (χ3v) is 5.79. The molecule has 7 rings (SSSR count). The van der Waals surface area contributed by atoms with Gasteiger partial charge in [0.05, 0.1) is 58.3 Å². The summed E-state index contributed by atoms with van der Waals surface area (Å²) in [4.78, 5) is 0. The van der Waals surface area contributed by atoms with E-state index in [9.17, 15) is 0 Å². The average molecular weight is 459 g/mol. The van der Waals surface area contributed by atoms with E-state index in [0.717, 1.165) is 22.6 Å². The lowest BCUT2D eigenvalue weighted by Crippen LogP contribution is -2.49. The first-order valence-corrected chi connectivity index (χ1v) is 11.4. The van der Waals surface area contributed by atoms with Crippen molar-refractivity contribution in [1.29, 1.82) is 0 Å². The van der Waals surface area contributed by atoms with E-state index in [2.05, 4.69) is 0 Å². The largest absolute Gasteiger partial charge is 0.491 e. The quantitative estimate of drug-likeness (QED) is 0.596. The molecule has 5 aliphatic rings. The summed E-state index contributed by atoms with van der Waals surface area (Å²) in [5.41, 5.74) is 1.52. The molecule has 2 fully saturated rings. The van der Waals surface area contributed by atoms with E-state index in [1.807, 2.05) is 48.5 Å². The predicted octanol–water partition coefficient (Wildman–Crippen LogP) is 3.27. The van der Waals surface area contributed by atoms with Crippen LogP contribution < -0.4 is 9.47 Å². The molecule has 8 heteroatoms. The molecule has 33 heavy (non-hydrogen) atoms. The summed E-state index contributed by atoms with van der Waals surface area (Å²) >= 11 is 0. The summed E-state index contributed by atoms with van der Waals surface area (Å²) < 4.78 is 47.1. The van der Waals surface area contributed by atoms with Crippen molar-refractivity contribution < 1.29 is 37.9 Å². The molecule has 0 saturated carbocycles. The van der Waals surface area contributed by atoms with E-state index in [-0.39, 0.29) is 5.41 Å². The van der Waals surface area contributed by atoms with Crippen LogP contribution in [0.1, 0.15) is 23.7 Å². The number of hydrogen-bond donors (Lipinski definition) is 0. The molecule has 0 N–H and O–H groups in total. The van der Waals surface area contributed by atoms with Gasteiger partial charge in [0.15, 0.2) is 12.6 Å². The Bertz CT molecular complexity index is 810. The fourth-order valence-corrected chi connectivity index (χ4v) is 4.00. The van der Waals surface area contributed by atoms with Crippen LogP contribution in [0.5, 0.6) is 11.5 Å². The minimum atomic E-state index is -0.444. The minimum Gasteiger partial charge on any atom is -0.491 e. The predicted molar refractivity (Wildman–Crippen MR) is 117 cm³/mol. The summed E-state index contributed by atoms with van der Waals surface area (Å²) in [5.74, 6) is 1.51. The molecule has 0 amide bonds. The SMILES string of the molecule is c1cc2cc(c1)C1OCC3(CO1)COC(OC3)c1cccc(c1)OCCOCCOCCO2. The second-order valence-corrected chi connectivity index (χ2v) is 8.47. The lowest BCUT2D eigenvalue weighted by atomic mass is 9.90. The second-order valence-electron chi connectivity index (χ2n) is 8.47. The Hall–Kier alpha value is -2.20. The standard InChI is InChI=1S/C25H30O8/c1-3-19-13-21(5-1)28-11-9-26-7-8-27-10-12-29-22-6-2-4-20(14-22)24-32-17-25(18-33-24)15-30-23(19)31-16-25/h1-6,13-14,23-24H,7-12,15-18H2. The van der Waals surface area contributed by atoms with Crippen LogP contribution in [0.25, 0.3) is 0 Å². The molecule has 178 valence electrons. The molecule has 7 bridgehead atoms. The van der Waals surface area contributed by atoms with E-state index < -0.39 is 12.6 Å². The molecule has 0 radical (unpaired) electrons. The number of fused-ring (bicyclic) bond motifs is 2. The molecular weight excluding hydrogens is 428 g/mol. The summed E-state index contributed by atoms with van der Waals surface area (Å²) in [5, 5.41) is 0. The lowest BCUT2D eigenvalue weighted by Gasteiger charge is -2.43. The van der Waals surface area contributed by atoms with Crippen LogP contribution in [0.15, 0.2) is 48.5 Å². The fourth-order valence-electron chi connectivity index (χ4n) is 4.00. The summed E-state index contributed by atoms with van der Waals surface area (Å²) in [6.45, 7) is 4.84. The zero-order chi connectivity index (χ0) is 22.3. The van der Waals surface area contributed by atoms with Crippen LogP contribution in [0.2, 0.25) is 0 Å². The van der Waals surface area contributed by atoms with Crippen molar-refractivity contribution in [2.45, 2.75) is 12.6 Å². The first kappa shape index (κ1) is 22.6. The molecule has 0 aromatic heterocycles. The Morgan fingerprint density at radius 1 is 0.545 bits per heavy atom. The van der Waals surface area contributed by atoms with E-state index in [1.165, 1.54) is 0 Å². The maximum Gasteiger partial charge on any atom is 0.183 e. The van der Waals surface area contributed by atoms with Gasteiger partial charge < -0.3 is 37.9 Å². The molecule has 0 aliphatic carbocycles. The lowest BCUT2D eigenvalue weighted by molar-refractivity contribution is -0.307. The number of benzene rings is 2. The molecule has 5 aliphatic heterocycles. The minimum absolute atomic E-state index is 0.320. The molecule has 2 aromatic rings. The number of ether oxygens (including phenoxy) is 8. The van der Waals surface area contributed by atoms with E-state index in [0.29, 0.717) is 66.1 Å². The Labute approximate surface area is 193 Å². The van der Waals surface area contributed by atoms with Gasteiger partial charge in [-0.1, -0.05) is 24.3 Å². The van der Waals surface area contributed by atoms with Crippen LogP contribution in [0, 0.1) is 5.41 Å². The maximum absolute atomic E-state index is 6.07. The van der Waals surface area contributed by atoms with E-state index in [1.54, 1.807) is 0 Å². The van der Waals surface area contributed by atoms with Gasteiger partial charge in [-0.3, -0.25) is 0 Å². The number of hydrogen-bond acceptors (Lipinski definition) is 8. The van der Waals surface area contributed by atoms with Crippen LogP contribution in [-0.2, 0) is 28.4 Å². The third-order valence-electron chi connectivity index (χ3n) is 5.79. The highest BCUT2D eigenvalue weighted by Gasteiger charge is 2.42. The van der Waals surface area contributed by atoms with Crippen LogP contribution in [-0.4, -0.2) is 66.1 Å². The molecule has 8 nitrogen and oxygen atoms in total. The molecule has 0 atom stereocenters. The highest BCUT2D eigenvalue weighted by atomic mass is 16.7. The van der Waals surface area contributed by atoms with Crippen LogP contribution in [0.3, 0.4) is 0 Å². The highest BCUT2D eigenvalue weighted by Crippen LogP contribution is 2.39. The maximum atomic E-state index is 6.07. The van der Waals surface area contributed by atoms with Crippen molar-refractivity contribution >= 4 is 0 Å². The summed E-state index contributed by atoms with van der Waals surface area (Å²) in [6.07, 6.45) is -0.888. The van der Waals surface area contributed by atoms with Crippen molar-refractivity contribution in [2.75, 3.05) is 66.1 Å². The van der Waals surface area contributed by atoms with Gasteiger partial charge in [-0.15, -0.1) is 0 Å². The molecular formula is C25H30O8. The first-order chi connectivity index (χ1) is 16.3. The molecule has 1 spiro atoms. The second kappa shape index (κ2) is 10.8. The van der Waals surface area contributed by atoms with Crippen molar-refractivity contribution in [1.82, 2.24) is 0 Å². The summed E-state index contributed by atoms with van der Waals surface area (Å²) in [6, 6.07) is 15.5. The van der Waals surface area contributed by atoms with Gasteiger partial charge in [-0.25, -0.2) is 0 Å². The fraction of sp³-hybridized carbons (Fsp3) is 0.520. The van der Waals surface area contributed by atoms with Crippen LogP contribution >= 0.6 is 0 Å². The zero-order valence-corrected chi connectivity index (χ0v) is 18.6. The van der Waals surface area contributed by atoms with E-state index in [4.69, 9.17) is 37.9 Å². The van der Waals surface area contributed by atoms with Gasteiger partial charge in [0, 0.05) is 11.1 Å².